The minimum atomic E-state index is 0.588. The lowest BCUT2D eigenvalue weighted by atomic mass is 9.83. The Bertz CT molecular complexity index is 575. The fourth-order valence-electron chi connectivity index (χ4n) is 3.19. The lowest BCUT2D eigenvalue weighted by Gasteiger charge is -2.21. The number of nitrogens with zero attached hydrogens (tertiary/aromatic N) is 2. The van der Waals surface area contributed by atoms with Crippen LogP contribution in [-0.4, -0.2) is 10.2 Å². The van der Waals surface area contributed by atoms with Crippen molar-refractivity contribution in [1.29, 1.82) is 0 Å². The van der Waals surface area contributed by atoms with E-state index in [0.29, 0.717) is 5.92 Å². The van der Waals surface area contributed by atoms with Crippen LogP contribution in [0.4, 0.5) is 0 Å². The monoisotopic (exact) mass is 208 g/mol. The summed E-state index contributed by atoms with van der Waals surface area (Å²) in [6, 6.07) is 8.65. The maximum absolute atomic E-state index is 4.34. The molecule has 0 saturated heterocycles. The Balaban J connectivity index is 2.10. The second-order valence-electron chi connectivity index (χ2n) is 4.66. The van der Waals surface area contributed by atoms with Crippen LogP contribution < -0.4 is 0 Å². The van der Waals surface area contributed by atoms with E-state index in [0.717, 1.165) is 5.69 Å². The summed E-state index contributed by atoms with van der Waals surface area (Å²) in [5.74, 6) is 0.588. The van der Waals surface area contributed by atoms with Gasteiger partial charge in [-0.05, 0) is 36.0 Å². The fourth-order valence-corrected chi connectivity index (χ4v) is 3.19. The number of hydrogen-bond donors (Lipinski definition) is 0. The molecule has 2 aromatic rings. The number of aromatic nitrogens is 2. The van der Waals surface area contributed by atoms with E-state index < -0.39 is 0 Å². The number of fused-ring (bicyclic) bond motifs is 3. The number of hydrogen-bond acceptors (Lipinski definition) is 2. The second kappa shape index (κ2) is 2.91. The molecule has 1 unspecified atom stereocenters. The quantitative estimate of drug-likeness (QED) is 0.665. The molecule has 2 nitrogen and oxygen atoms in total. The van der Waals surface area contributed by atoms with Crippen molar-refractivity contribution in [3.05, 3.63) is 47.2 Å². The molecule has 0 fully saturated rings. The number of rotatable bonds is 0. The summed E-state index contributed by atoms with van der Waals surface area (Å²) in [6.45, 7) is 0. The van der Waals surface area contributed by atoms with Crippen molar-refractivity contribution in [3.63, 3.8) is 0 Å². The lowest BCUT2D eigenvalue weighted by Crippen LogP contribution is -2.08. The van der Waals surface area contributed by atoms with Crippen LogP contribution in [0.1, 0.15) is 35.4 Å². The first-order valence-electron chi connectivity index (χ1n) is 5.89. The summed E-state index contributed by atoms with van der Waals surface area (Å²) in [4.78, 5) is 0. The van der Waals surface area contributed by atoms with Gasteiger partial charge in [0.2, 0.25) is 0 Å². The Morgan fingerprint density at radius 2 is 2.12 bits per heavy atom. The molecule has 4 rings (SSSR count). The molecule has 0 aliphatic heterocycles. The van der Waals surface area contributed by atoms with Crippen molar-refractivity contribution in [2.45, 2.75) is 25.2 Å². The van der Waals surface area contributed by atoms with Crippen LogP contribution in [0.25, 0.3) is 11.3 Å². The van der Waals surface area contributed by atoms with Crippen LogP contribution in [0.3, 0.4) is 0 Å². The zero-order valence-electron chi connectivity index (χ0n) is 8.98. The molecule has 1 aromatic carbocycles. The number of benzene rings is 1. The maximum Gasteiger partial charge on any atom is 0.0973 e. The predicted molar refractivity (Wildman–Crippen MR) is 62.2 cm³/mol. The Morgan fingerprint density at radius 1 is 1.19 bits per heavy atom. The SMILES string of the molecule is c1ccc2c(c1)-c1nncc3c1C2CCC3. The Kier molecular flexibility index (Phi) is 1.54. The third-order valence-corrected chi connectivity index (χ3v) is 3.85. The van der Waals surface area contributed by atoms with Gasteiger partial charge in [0.1, 0.15) is 0 Å². The molecule has 2 heteroatoms. The molecule has 1 aromatic heterocycles. The highest BCUT2D eigenvalue weighted by Gasteiger charge is 2.33. The molecular formula is C14H12N2. The summed E-state index contributed by atoms with van der Waals surface area (Å²) in [5.41, 5.74) is 6.77. The third kappa shape index (κ3) is 0.921. The van der Waals surface area contributed by atoms with E-state index in [9.17, 15) is 0 Å². The van der Waals surface area contributed by atoms with Gasteiger partial charge < -0.3 is 0 Å². The van der Waals surface area contributed by atoms with Gasteiger partial charge in [0.15, 0.2) is 0 Å². The van der Waals surface area contributed by atoms with Gasteiger partial charge in [-0.1, -0.05) is 24.3 Å². The standard InChI is InChI=1S/C14H12N2/c1-2-6-12-10(5-1)11-7-3-4-9-8-15-16-14(12)13(9)11/h1-2,5-6,8,11H,3-4,7H2. The van der Waals surface area contributed by atoms with E-state index in [2.05, 4.69) is 34.5 Å². The zero-order chi connectivity index (χ0) is 10.5. The fraction of sp³-hybridized carbons (Fsp3) is 0.286. The Hall–Kier alpha value is -1.70. The zero-order valence-corrected chi connectivity index (χ0v) is 8.98. The van der Waals surface area contributed by atoms with E-state index in [-0.39, 0.29) is 0 Å². The average molecular weight is 208 g/mol. The van der Waals surface area contributed by atoms with E-state index in [1.807, 2.05) is 6.20 Å². The highest BCUT2D eigenvalue weighted by molar-refractivity contribution is 5.76. The maximum atomic E-state index is 4.34. The molecule has 2 aliphatic rings. The van der Waals surface area contributed by atoms with Crippen molar-refractivity contribution in [3.8, 4) is 11.3 Å². The second-order valence-corrected chi connectivity index (χ2v) is 4.66. The minimum absolute atomic E-state index is 0.588. The third-order valence-electron chi connectivity index (χ3n) is 3.85. The van der Waals surface area contributed by atoms with E-state index >= 15 is 0 Å². The topological polar surface area (TPSA) is 25.8 Å². The first-order valence-corrected chi connectivity index (χ1v) is 5.89. The van der Waals surface area contributed by atoms with Crippen LogP contribution in [0.15, 0.2) is 30.5 Å². The molecule has 16 heavy (non-hydrogen) atoms. The van der Waals surface area contributed by atoms with Gasteiger partial charge in [0.25, 0.3) is 0 Å². The molecule has 0 amide bonds. The molecule has 1 atom stereocenters. The molecular weight excluding hydrogens is 196 g/mol. The summed E-state index contributed by atoms with van der Waals surface area (Å²) in [6.07, 6.45) is 5.67. The first kappa shape index (κ1) is 8.45. The van der Waals surface area contributed by atoms with Gasteiger partial charge >= 0.3 is 0 Å². The van der Waals surface area contributed by atoms with Gasteiger partial charge in [-0.3, -0.25) is 0 Å². The van der Waals surface area contributed by atoms with Gasteiger partial charge in [0, 0.05) is 11.5 Å². The van der Waals surface area contributed by atoms with Gasteiger partial charge in [0.05, 0.1) is 11.9 Å². The van der Waals surface area contributed by atoms with Gasteiger partial charge in [-0.15, -0.1) is 0 Å². The molecule has 0 N–H and O–H groups in total. The Morgan fingerprint density at radius 3 is 3.12 bits per heavy atom. The summed E-state index contributed by atoms with van der Waals surface area (Å²) >= 11 is 0. The normalized spacial score (nSPS) is 20.4. The van der Waals surface area contributed by atoms with Gasteiger partial charge in [-0.2, -0.15) is 10.2 Å². The van der Waals surface area contributed by atoms with Crippen LogP contribution in [0.2, 0.25) is 0 Å². The molecule has 0 radical (unpaired) electrons. The van der Waals surface area contributed by atoms with Gasteiger partial charge in [-0.25, -0.2) is 0 Å². The molecule has 0 bridgehead atoms. The number of aryl methyl sites for hydroxylation is 1. The molecule has 0 saturated carbocycles. The smallest absolute Gasteiger partial charge is 0.0973 e. The van der Waals surface area contributed by atoms with Crippen molar-refractivity contribution >= 4 is 0 Å². The molecule has 2 aliphatic carbocycles. The summed E-state index contributed by atoms with van der Waals surface area (Å²) in [5, 5.41) is 8.49. The van der Waals surface area contributed by atoms with Crippen molar-refractivity contribution in [1.82, 2.24) is 10.2 Å². The Labute approximate surface area is 94.3 Å². The van der Waals surface area contributed by atoms with E-state index in [1.165, 1.54) is 41.5 Å². The van der Waals surface area contributed by atoms with Crippen LogP contribution in [-0.2, 0) is 6.42 Å². The first-order chi connectivity index (χ1) is 7.95. The van der Waals surface area contributed by atoms with E-state index in [4.69, 9.17) is 0 Å². The average Bonchev–Trinajstić information content (AvgIpc) is 2.68. The highest BCUT2D eigenvalue weighted by Crippen LogP contribution is 2.49. The summed E-state index contributed by atoms with van der Waals surface area (Å²) in [7, 11) is 0. The largest absolute Gasteiger partial charge is 0.158 e. The predicted octanol–water partition coefficient (Wildman–Crippen LogP) is 2.93. The minimum Gasteiger partial charge on any atom is -0.158 e. The molecule has 0 spiro atoms. The van der Waals surface area contributed by atoms with Crippen LogP contribution >= 0.6 is 0 Å². The molecule has 78 valence electrons. The highest BCUT2D eigenvalue weighted by atomic mass is 15.1. The van der Waals surface area contributed by atoms with Crippen LogP contribution in [0, 0.1) is 0 Å². The summed E-state index contributed by atoms with van der Waals surface area (Å²) < 4.78 is 0. The lowest BCUT2D eigenvalue weighted by molar-refractivity contribution is 0.621. The van der Waals surface area contributed by atoms with Crippen LogP contribution in [0.5, 0.6) is 0 Å². The van der Waals surface area contributed by atoms with E-state index in [1.54, 1.807) is 0 Å². The molecule has 1 heterocycles. The van der Waals surface area contributed by atoms with Crippen molar-refractivity contribution in [2.75, 3.05) is 0 Å². The van der Waals surface area contributed by atoms with Crippen molar-refractivity contribution in [2.24, 2.45) is 0 Å². The van der Waals surface area contributed by atoms with Crippen molar-refractivity contribution < 1.29 is 0 Å².